The van der Waals surface area contributed by atoms with Gasteiger partial charge in [0.15, 0.2) is 0 Å². The molecular weight excluding hydrogens is 420 g/mol. The molecule has 5 aromatic rings. The van der Waals surface area contributed by atoms with Crippen molar-refractivity contribution in [1.82, 2.24) is 15.0 Å². The van der Waals surface area contributed by atoms with Crippen LogP contribution < -0.4 is 5.43 Å². The third-order valence-electron chi connectivity index (χ3n) is 5.49. The number of hydrogen-bond acceptors (Lipinski definition) is 3. The number of carbonyl (C=O) groups excluding carboxylic acids is 1. The van der Waals surface area contributed by atoms with Gasteiger partial charge in [-0.2, -0.15) is 5.10 Å². The minimum atomic E-state index is -0.268. The molecule has 0 spiro atoms. The van der Waals surface area contributed by atoms with Gasteiger partial charge in [0, 0.05) is 23.6 Å². The Balaban J connectivity index is 1.45. The highest BCUT2D eigenvalue weighted by Gasteiger charge is 2.14. The zero-order chi connectivity index (χ0) is 23.2. The number of nitrogens with zero attached hydrogens (tertiary/aromatic N) is 3. The van der Waals surface area contributed by atoms with E-state index in [9.17, 15) is 4.79 Å². The fraction of sp³-hybridized carbons (Fsp3) is 0. The van der Waals surface area contributed by atoms with Crippen molar-refractivity contribution in [3.05, 3.63) is 133 Å². The number of nitrogens with one attached hydrogen (secondary N) is 1. The second kappa shape index (κ2) is 9.79. The molecule has 0 saturated carbocycles. The first-order valence-corrected chi connectivity index (χ1v) is 11.0. The van der Waals surface area contributed by atoms with Crippen LogP contribution in [0.1, 0.15) is 15.9 Å². The number of hydrogen-bond donors (Lipinski definition) is 1. The zero-order valence-corrected chi connectivity index (χ0v) is 18.4. The van der Waals surface area contributed by atoms with Gasteiger partial charge in [-0.05, 0) is 65.2 Å². The third kappa shape index (κ3) is 4.54. The molecule has 3 aromatic carbocycles. The Morgan fingerprint density at radius 1 is 0.706 bits per heavy atom. The fourth-order valence-electron chi connectivity index (χ4n) is 3.82. The standard InChI is InChI=1S/C29H22N4O/c34-29(32-31-21-22-17-19-30-20-18-22)25-11-13-26(14-12-25)33-27(23-7-3-1-4-8-23)15-16-28(33)24-9-5-2-6-10-24/h1-21H,(H,32,34). The molecule has 0 aliphatic carbocycles. The summed E-state index contributed by atoms with van der Waals surface area (Å²) < 4.78 is 2.22. The predicted molar refractivity (Wildman–Crippen MR) is 136 cm³/mol. The lowest BCUT2D eigenvalue weighted by Gasteiger charge is -2.15. The molecule has 0 aliphatic rings. The van der Waals surface area contributed by atoms with Gasteiger partial charge in [-0.25, -0.2) is 5.43 Å². The van der Waals surface area contributed by atoms with Gasteiger partial charge in [0.25, 0.3) is 5.91 Å². The minimum absolute atomic E-state index is 0.268. The summed E-state index contributed by atoms with van der Waals surface area (Å²) in [6.07, 6.45) is 4.94. The van der Waals surface area contributed by atoms with Gasteiger partial charge in [-0.1, -0.05) is 60.7 Å². The van der Waals surface area contributed by atoms with Gasteiger partial charge in [0.05, 0.1) is 17.6 Å². The summed E-state index contributed by atoms with van der Waals surface area (Å²) >= 11 is 0. The maximum absolute atomic E-state index is 12.6. The number of rotatable bonds is 6. The van der Waals surface area contributed by atoms with Crippen molar-refractivity contribution in [2.75, 3.05) is 0 Å². The first-order chi connectivity index (χ1) is 16.8. The van der Waals surface area contributed by atoms with Crippen LogP contribution in [0.15, 0.2) is 127 Å². The van der Waals surface area contributed by atoms with Gasteiger partial charge < -0.3 is 4.57 Å². The lowest BCUT2D eigenvalue weighted by Crippen LogP contribution is -2.17. The van der Waals surface area contributed by atoms with E-state index in [1.807, 2.05) is 72.8 Å². The molecule has 5 nitrogen and oxygen atoms in total. The number of benzene rings is 3. The number of carbonyl (C=O) groups is 1. The van der Waals surface area contributed by atoms with Crippen molar-refractivity contribution in [3.63, 3.8) is 0 Å². The highest BCUT2D eigenvalue weighted by atomic mass is 16.2. The highest BCUT2D eigenvalue weighted by molar-refractivity contribution is 5.95. The molecule has 0 saturated heterocycles. The van der Waals surface area contributed by atoms with E-state index in [1.54, 1.807) is 18.6 Å². The van der Waals surface area contributed by atoms with Crippen molar-refractivity contribution in [2.24, 2.45) is 5.10 Å². The Morgan fingerprint density at radius 3 is 1.82 bits per heavy atom. The molecule has 0 aliphatic heterocycles. The monoisotopic (exact) mass is 442 g/mol. The fourth-order valence-corrected chi connectivity index (χ4v) is 3.82. The van der Waals surface area contributed by atoms with E-state index >= 15 is 0 Å². The average Bonchev–Trinajstić information content (AvgIpc) is 3.36. The normalized spacial score (nSPS) is 10.9. The maximum Gasteiger partial charge on any atom is 0.271 e. The molecule has 2 aromatic heterocycles. The molecule has 5 rings (SSSR count). The van der Waals surface area contributed by atoms with E-state index in [0.29, 0.717) is 5.56 Å². The maximum atomic E-state index is 12.6. The topological polar surface area (TPSA) is 59.3 Å². The van der Waals surface area contributed by atoms with E-state index in [-0.39, 0.29) is 5.91 Å². The van der Waals surface area contributed by atoms with Crippen LogP contribution in [0.2, 0.25) is 0 Å². The van der Waals surface area contributed by atoms with Gasteiger partial charge in [-0.3, -0.25) is 9.78 Å². The van der Waals surface area contributed by atoms with Gasteiger partial charge >= 0.3 is 0 Å². The lowest BCUT2D eigenvalue weighted by molar-refractivity contribution is 0.0955. The molecule has 1 amide bonds. The molecule has 0 bridgehead atoms. The van der Waals surface area contributed by atoms with Crippen molar-refractivity contribution < 1.29 is 4.79 Å². The molecular formula is C29H22N4O. The van der Waals surface area contributed by atoms with Crippen molar-refractivity contribution in [3.8, 4) is 28.2 Å². The molecule has 34 heavy (non-hydrogen) atoms. The zero-order valence-electron chi connectivity index (χ0n) is 18.4. The highest BCUT2D eigenvalue weighted by Crippen LogP contribution is 2.32. The van der Waals surface area contributed by atoms with Gasteiger partial charge in [0.1, 0.15) is 0 Å². The summed E-state index contributed by atoms with van der Waals surface area (Å²) in [6, 6.07) is 36.0. The summed E-state index contributed by atoms with van der Waals surface area (Å²) in [5.41, 5.74) is 9.35. The van der Waals surface area contributed by atoms with Crippen molar-refractivity contribution in [2.45, 2.75) is 0 Å². The largest absolute Gasteiger partial charge is 0.309 e. The van der Waals surface area contributed by atoms with Crippen LogP contribution in [-0.4, -0.2) is 21.7 Å². The van der Waals surface area contributed by atoms with Crippen molar-refractivity contribution in [1.29, 1.82) is 0 Å². The lowest BCUT2D eigenvalue weighted by atomic mass is 10.1. The summed E-state index contributed by atoms with van der Waals surface area (Å²) in [4.78, 5) is 16.5. The molecule has 0 fully saturated rings. The summed E-state index contributed by atoms with van der Waals surface area (Å²) in [7, 11) is 0. The Kier molecular flexibility index (Phi) is 6.08. The molecule has 0 unspecified atom stereocenters. The second-order valence-corrected chi connectivity index (χ2v) is 7.70. The van der Waals surface area contributed by atoms with E-state index in [2.05, 4.69) is 56.5 Å². The first-order valence-electron chi connectivity index (χ1n) is 11.0. The van der Waals surface area contributed by atoms with Crippen LogP contribution in [0.3, 0.4) is 0 Å². The van der Waals surface area contributed by atoms with Crippen LogP contribution in [0.4, 0.5) is 0 Å². The Morgan fingerprint density at radius 2 is 1.26 bits per heavy atom. The van der Waals surface area contributed by atoms with Gasteiger partial charge in [0.2, 0.25) is 0 Å². The van der Waals surface area contributed by atoms with Crippen LogP contribution >= 0.6 is 0 Å². The van der Waals surface area contributed by atoms with Crippen LogP contribution in [0.5, 0.6) is 0 Å². The summed E-state index contributed by atoms with van der Waals surface area (Å²) in [5, 5.41) is 4.04. The third-order valence-corrected chi connectivity index (χ3v) is 5.49. The minimum Gasteiger partial charge on any atom is -0.309 e. The molecule has 2 heterocycles. The van der Waals surface area contributed by atoms with E-state index < -0.39 is 0 Å². The first kappa shape index (κ1) is 21.1. The average molecular weight is 443 g/mol. The second-order valence-electron chi connectivity index (χ2n) is 7.70. The van der Waals surface area contributed by atoms with Crippen molar-refractivity contribution >= 4 is 12.1 Å². The number of aromatic nitrogens is 2. The SMILES string of the molecule is O=C(NN=Cc1ccncc1)c1ccc(-n2c(-c3ccccc3)ccc2-c2ccccc2)cc1. The van der Waals surface area contributed by atoms with Crippen LogP contribution in [0.25, 0.3) is 28.2 Å². The number of hydrazone groups is 1. The predicted octanol–water partition coefficient (Wildman–Crippen LogP) is 5.97. The smallest absolute Gasteiger partial charge is 0.271 e. The number of pyridine rings is 1. The van der Waals surface area contributed by atoms with Gasteiger partial charge in [-0.15, -0.1) is 0 Å². The number of amides is 1. The molecule has 5 heteroatoms. The molecule has 164 valence electrons. The van der Waals surface area contributed by atoms with E-state index in [4.69, 9.17) is 0 Å². The quantitative estimate of drug-likeness (QED) is 0.260. The summed E-state index contributed by atoms with van der Waals surface area (Å²) in [6.45, 7) is 0. The Hall–Kier alpha value is -4.77. The molecule has 1 N–H and O–H groups in total. The Bertz CT molecular complexity index is 1350. The Labute approximate surface area is 198 Å². The molecule has 0 atom stereocenters. The van der Waals surface area contributed by atoms with Crippen LogP contribution in [0, 0.1) is 0 Å². The summed E-state index contributed by atoms with van der Waals surface area (Å²) in [5.74, 6) is -0.268. The molecule has 0 radical (unpaired) electrons. The van der Waals surface area contributed by atoms with E-state index in [0.717, 1.165) is 33.8 Å². The van der Waals surface area contributed by atoms with Crippen LogP contribution in [-0.2, 0) is 0 Å². The van der Waals surface area contributed by atoms with E-state index in [1.165, 1.54) is 0 Å².